The second kappa shape index (κ2) is 8.73. The van der Waals surface area contributed by atoms with Crippen LogP contribution in [0, 0.1) is 11.3 Å². The van der Waals surface area contributed by atoms with Gasteiger partial charge in [-0.15, -0.1) is 0 Å². The summed E-state index contributed by atoms with van der Waals surface area (Å²) in [6, 6.07) is 9.36. The van der Waals surface area contributed by atoms with Gasteiger partial charge < -0.3 is 15.0 Å². The van der Waals surface area contributed by atoms with E-state index in [-0.39, 0.29) is 24.3 Å². The summed E-state index contributed by atoms with van der Waals surface area (Å²) in [6.07, 6.45) is 4.59. The number of nitrogens with one attached hydrogen (secondary N) is 1. The van der Waals surface area contributed by atoms with Gasteiger partial charge in [0.15, 0.2) is 0 Å². The van der Waals surface area contributed by atoms with Gasteiger partial charge in [-0.25, -0.2) is 0 Å². The summed E-state index contributed by atoms with van der Waals surface area (Å²) in [4.78, 5) is 25.3. The van der Waals surface area contributed by atoms with Gasteiger partial charge in [0, 0.05) is 25.2 Å². The Kier molecular flexibility index (Phi) is 6.38. The van der Waals surface area contributed by atoms with E-state index >= 15 is 0 Å². The molecule has 6 heteroatoms. The number of ether oxygens (including phenoxy) is 1. The molecule has 1 saturated heterocycles. The molecule has 0 radical (unpaired) electrons. The lowest BCUT2D eigenvalue weighted by Gasteiger charge is -2.31. The number of rotatable bonds is 5. The Balaban J connectivity index is 1.78. The van der Waals surface area contributed by atoms with E-state index in [0.29, 0.717) is 25.9 Å². The van der Waals surface area contributed by atoms with Crippen molar-refractivity contribution in [2.45, 2.75) is 25.3 Å². The van der Waals surface area contributed by atoms with Crippen LogP contribution < -0.4 is 10.1 Å². The first-order valence-corrected chi connectivity index (χ1v) is 7.89. The molecule has 0 aromatic heterocycles. The molecule has 2 rings (SSSR count). The summed E-state index contributed by atoms with van der Waals surface area (Å²) in [7, 11) is 1.61. The maximum atomic E-state index is 12.0. The largest absolute Gasteiger partial charge is 0.497 e. The van der Waals surface area contributed by atoms with Crippen LogP contribution in [0.25, 0.3) is 6.08 Å². The first kappa shape index (κ1) is 17.5. The third-order valence-corrected chi connectivity index (χ3v) is 3.97. The lowest BCUT2D eigenvalue weighted by Crippen LogP contribution is -2.46. The van der Waals surface area contributed by atoms with Crippen molar-refractivity contribution in [3.63, 3.8) is 0 Å². The lowest BCUT2D eigenvalue weighted by atomic mass is 10.0. The number of carbonyl (C=O) groups excluding carboxylic acids is 2. The summed E-state index contributed by atoms with van der Waals surface area (Å²) in [5, 5.41) is 11.5. The van der Waals surface area contributed by atoms with E-state index in [9.17, 15) is 9.59 Å². The average molecular weight is 327 g/mol. The fourth-order valence-electron chi connectivity index (χ4n) is 2.59. The van der Waals surface area contributed by atoms with Crippen LogP contribution in [0.5, 0.6) is 5.75 Å². The number of hydrogen-bond acceptors (Lipinski definition) is 4. The van der Waals surface area contributed by atoms with Crippen molar-refractivity contribution in [1.82, 2.24) is 10.2 Å². The van der Waals surface area contributed by atoms with Gasteiger partial charge in [-0.05, 0) is 36.6 Å². The van der Waals surface area contributed by atoms with Crippen molar-refractivity contribution in [3.8, 4) is 11.8 Å². The van der Waals surface area contributed by atoms with E-state index in [1.807, 2.05) is 30.3 Å². The summed E-state index contributed by atoms with van der Waals surface area (Å²) in [5.74, 6) is 0.489. The van der Waals surface area contributed by atoms with E-state index in [0.717, 1.165) is 11.3 Å². The molecule has 0 saturated carbocycles. The van der Waals surface area contributed by atoms with Crippen molar-refractivity contribution in [2.75, 3.05) is 20.2 Å². The van der Waals surface area contributed by atoms with Crippen LogP contribution in [0.3, 0.4) is 0 Å². The number of piperidine rings is 1. The Morgan fingerprint density at radius 2 is 2.00 bits per heavy atom. The van der Waals surface area contributed by atoms with E-state index in [4.69, 9.17) is 10.00 Å². The van der Waals surface area contributed by atoms with Gasteiger partial charge in [0.1, 0.15) is 12.2 Å². The number of amides is 2. The molecule has 1 heterocycles. The predicted octanol–water partition coefficient (Wildman–Crippen LogP) is 1.73. The molecule has 0 aliphatic carbocycles. The average Bonchev–Trinajstić information content (AvgIpc) is 2.61. The van der Waals surface area contributed by atoms with Crippen molar-refractivity contribution in [1.29, 1.82) is 5.26 Å². The number of benzene rings is 1. The highest BCUT2D eigenvalue weighted by Gasteiger charge is 2.22. The molecule has 1 aromatic carbocycles. The number of methoxy groups -OCH3 is 1. The second-order valence-electron chi connectivity index (χ2n) is 5.61. The van der Waals surface area contributed by atoms with Gasteiger partial charge in [-0.2, -0.15) is 5.26 Å². The number of carbonyl (C=O) groups is 2. The van der Waals surface area contributed by atoms with Gasteiger partial charge >= 0.3 is 0 Å². The first-order chi connectivity index (χ1) is 11.6. The fraction of sp³-hybridized carbons (Fsp3) is 0.389. The number of nitrogens with zero attached hydrogens (tertiary/aromatic N) is 2. The zero-order valence-corrected chi connectivity index (χ0v) is 13.7. The normalized spacial score (nSPS) is 15.1. The maximum Gasteiger partial charge on any atom is 0.244 e. The number of nitriles is 1. The first-order valence-electron chi connectivity index (χ1n) is 7.89. The van der Waals surface area contributed by atoms with E-state index in [2.05, 4.69) is 5.32 Å². The van der Waals surface area contributed by atoms with Crippen LogP contribution in [0.2, 0.25) is 0 Å². The summed E-state index contributed by atoms with van der Waals surface area (Å²) in [6.45, 7) is 1.15. The van der Waals surface area contributed by atoms with Crippen LogP contribution in [0.15, 0.2) is 30.3 Å². The standard InChI is InChI=1S/C18H21N3O3/c1-24-16-5-2-14(3-6-16)4-7-17(22)20-15-9-12-21(13-10-15)18(23)8-11-19/h2-7,15H,8-10,12-13H2,1H3,(H,20,22)/b7-4+. The highest BCUT2D eigenvalue weighted by molar-refractivity contribution is 5.91. The van der Waals surface area contributed by atoms with Gasteiger partial charge in [0.2, 0.25) is 11.8 Å². The minimum atomic E-state index is -0.146. The molecular formula is C18H21N3O3. The lowest BCUT2D eigenvalue weighted by molar-refractivity contribution is -0.131. The molecule has 0 bridgehead atoms. The molecule has 0 unspecified atom stereocenters. The third-order valence-electron chi connectivity index (χ3n) is 3.97. The molecule has 1 fully saturated rings. The van der Waals surface area contributed by atoms with Gasteiger partial charge in [-0.3, -0.25) is 9.59 Å². The quantitative estimate of drug-likeness (QED) is 0.835. The van der Waals surface area contributed by atoms with Crippen LogP contribution in [-0.2, 0) is 9.59 Å². The Morgan fingerprint density at radius 1 is 1.33 bits per heavy atom. The topological polar surface area (TPSA) is 82.4 Å². The van der Waals surface area contributed by atoms with Crippen molar-refractivity contribution in [3.05, 3.63) is 35.9 Å². The number of likely N-dealkylation sites (tertiary alicyclic amines) is 1. The molecular weight excluding hydrogens is 306 g/mol. The molecule has 24 heavy (non-hydrogen) atoms. The van der Waals surface area contributed by atoms with Crippen LogP contribution >= 0.6 is 0 Å². The molecule has 0 atom stereocenters. The molecule has 1 N–H and O–H groups in total. The van der Waals surface area contributed by atoms with Crippen molar-refractivity contribution >= 4 is 17.9 Å². The van der Waals surface area contributed by atoms with Crippen molar-refractivity contribution in [2.24, 2.45) is 0 Å². The SMILES string of the molecule is COc1ccc(/C=C/C(=O)NC2CCN(C(=O)CC#N)CC2)cc1. The third kappa shape index (κ3) is 5.13. The molecule has 126 valence electrons. The van der Waals surface area contributed by atoms with E-state index in [1.54, 1.807) is 18.1 Å². The molecule has 1 aliphatic heterocycles. The maximum absolute atomic E-state index is 12.0. The van der Waals surface area contributed by atoms with Gasteiger partial charge in [0.05, 0.1) is 13.2 Å². The smallest absolute Gasteiger partial charge is 0.244 e. The van der Waals surface area contributed by atoms with Crippen LogP contribution in [-0.4, -0.2) is 43.0 Å². The Labute approximate surface area is 141 Å². The molecule has 6 nitrogen and oxygen atoms in total. The minimum Gasteiger partial charge on any atom is -0.497 e. The molecule has 1 aliphatic rings. The summed E-state index contributed by atoms with van der Waals surface area (Å²) < 4.78 is 5.09. The van der Waals surface area contributed by atoms with Gasteiger partial charge in [-0.1, -0.05) is 12.1 Å². The second-order valence-corrected chi connectivity index (χ2v) is 5.61. The van der Waals surface area contributed by atoms with Crippen molar-refractivity contribution < 1.29 is 14.3 Å². The summed E-state index contributed by atoms with van der Waals surface area (Å²) in [5.41, 5.74) is 0.919. The number of hydrogen-bond donors (Lipinski definition) is 1. The Bertz CT molecular complexity index is 638. The molecule has 0 spiro atoms. The van der Waals surface area contributed by atoms with Crippen LogP contribution in [0.1, 0.15) is 24.8 Å². The predicted molar refractivity (Wildman–Crippen MR) is 90.0 cm³/mol. The Morgan fingerprint density at radius 3 is 2.58 bits per heavy atom. The highest BCUT2D eigenvalue weighted by atomic mass is 16.5. The molecule has 2 amide bonds. The zero-order chi connectivity index (χ0) is 17.4. The minimum absolute atomic E-state index is 0.0594. The highest BCUT2D eigenvalue weighted by Crippen LogP contribution is 2.13. The summed E-state index contributed by atoms with van der Waals surface area (Å²) >= 11 is 0. The fourth-order valence-corrected chi connectivity index (χ4v) is 2.59. The van der Waals surface area contributed by atoms with Crippen LogP contribution in [0.4, 0.5) is 0 Å². The monoisotopic (exact) mass is 327 g/mol. The zero-order valence-electron chi connectivity index (χ0n) is 13.7. The van der Waals surface area contributed by atoms with E-state index in [1.165, 1.54) is 6.08 Å². The molecule has 1 aromatic rings. The Hall–Kier alpha value is -2.81. The van der Waals surface area contributed by atoms with Gasteiger partial charge in [0.25, 0.3) is 0 Å². The van der Waals surface area contributed by atoms with E-state index < -0.39 is 0 Å².